The lowest BCUT2D eigenvalue weighted by Gasteiger charge is -2.30. The summed E-state index contributed by atoms with van der Waals surface area (Å²) in [7, 11) is 0. The third-order valence-corrected chi connectivity index (χ3v) is 4.04. The fourth-order valence-corrected chi connectivity index (χ4v) is 2.73. The predicted molar refractivity (Wildman–Crippen MR) is 67.0 cm³/mol. The second-order valence-electron chi connectivity index (χ2n) is 4.32. The maximum Gasteiger partial charge on any atom is 0.0590 e. The van der Waals surface area contributed by atoms with Crippen LogP contribution in [0, 0.1) is 0 Å². The average Bonchev–Trinajstić information content (AvgIpc) is 2.71. The minimum absolute atomic E-state index is 0.323. The molecule has 0 saturated heterocycles. The number of anilines is 1. The zero-order valence-electron chi connectivity index (χ0n) is 9.09. The van der Waals surface area contributed by atoms with E-state index >= 15 is 0 Å². The van der Waals surface area contributed by atoms with Crippen molar-refractivity contribution in [2.75, 3.05) is 5.32 Å². The summed E-state index contributed by atoms with van der Waals surface area (Å²) in [6, 6.07) is 2.04. The molecule has 1 aromatic rings. The summed E-state index contributed by atoms with van der Waals surface area (Å²) in [6.45, 7) is 2.27. The molecule has 82 valence electrons. The van der Waals surface area contributed by atoms with Gasteiger partial charge in [-0.2, -0.15) is 0 Å². The van der Waals surface area contributed by atoms with E-state index in [1.54, 1.807) is 0 Å². The third kappa shape index (κ3) is 2.33. The highest BCUT2D eigenvalue weighted by molar-refractivity contribution is 9.10. The smallest absolute Gasteiger partial charge is 0.0590 e. The van der Waals surface area contributed by atoms with Crippen LogP contribution in [0.2, 0.25) is 0 Å². The molecule has 0 unspecified atom stereocenters. The lowest BCUT2D eigenvalue weighted by atomic mass is 9.94. The highest BCUT2D eigenvalue weighted by Crippen LogP contribution is 2.37. The fraction of sp³-hybridized carbons (Fsp3) is 0.583. The Morgan fingerprint density at radius 2 is 2.20 bits per heavy atom. The molecule has 1 aliphatic carbocycles. The number of pyridine rings is 1. The van der Waals surface area contributed by atoms with Crippen molar-refractivity contribution in [2.45, 2.75) is 44.6 Å². The van der Waals surface area contributed by atoms with Gasteiger partial charge in [-0.25, -0.2) is 0 Å². The molecule has 1 aliphatic rings. The topological polar surface area (TPSA) is 24.9 Å². The Labute approximate surface area is 99.6 Å². The van der Waals surface area contributed by atoms with Gasteiger partial charge in [-0.3, -0.25) is 4.98 Å². The minimum Gasteiger partial charge on any atom is -0.379 e. The summed E-state index contributed by atoms with van der Waals surface area (Å²) < 4.78 is 1.06. The summed E-state index contributed by atoms with van der Waals surface area (Å²) >= 11 is 3.53. The summed E-state index contributed by atoms with van der Waals surface area (Å²) in [4.78, 5) is 4.08. The Morgan fingerprint density at radius 1 is 1.47 bits per heavy atom. The summed E-state index contributed by atoms with van der Waals surface area (Å²) in [5, 5.41) is 3.69. The van der Waals surface area contributed by atoms with E-state index in [-0.39, 0.29) is 0 Å². The van der Waals surface area contributed by atoms with Crippen LogP contribution in [0.3, 0.4) is 0 Å². The van der Waals surface area contributed by atoms with Gasteiger partial charge in [0.2, 0.25) is 0 Å². The van der Waals surface area contributed by atoms with E-state index in [1.807, 2.05) is 18.5 Å². The van der Waals surface area contributed by atoms with Gasteiger partial charge in [0.1, 0.15) is 0 Å². The molecule has 0 spiro atoms. The van der Waals surface area contributed by atoms with Crippen molar-refractivity contribution in [3.8, 4) is 0 Å². The van der Waals surface area contributed by atoms with E-state index in [0.717, 1.165) is 4.47 Å². The maximum absolute atomic E-state index is 4.08. The Morgan fingerprint density at radius 3 is 2.80 bits per heavy atom. The SMILES string of the molecule is CCC1(Nc2ccncc2Br)CCCC1. The van der Waals surface area contributed by atoms with Crippen LogP contribution in [0.4, 0.5) is 5.69 Å². The van der Waals surface area contributed by atoms with Gasteiger partial charge < -0.3 is 5.32 Å². The van der Waals surface area contributed by atoms with E-state index in [1.165, 1.54) is 37.8 Å². The molecule has 1 heterocycles. The Bertz CT molecular complexity index is 332. The van der Waals surface area contributed by atoms with Crippen molar-refractivity contribution in [3.05, 3.63) is 22.9 Å². The first kappa shape index (κ1) is 10.9. The van der Waals surface area contributed by atoms with Gasteiger partial charge >= 0.3 is 0 Å². The quantitative estimate of drug-likeness (QED) is 0.897. The molecule has 1 aromatic heterocycles. The summed E-state index contributed by atoms with van der Waals surface area (Å²) in [5.41, 5.74) is 1.50. The first-order chi connectivity index (χ1) is 7.26. The normalized spacial score (nSPS) is 19.1. The van der Waals surface area contributed by atoms with Crippen molar-refractivity contribution in [1.29, 1.82) is 0 Å². The lowest BCUT2D eigenvalue weighted by molar-refractivity contribution is 0.465. The van der Waals surface area contributed by atoms with E-state index in [0.29, 0.717) is 5.54 Å². The number of nitrogens with zero attached hydrogens (tertiary/aromatic N) is 1. The van der Waals surface area contributed by atoms with Crippen LogP contribution >= 0.6 is 15.9 Å². The second-order valence-corrected chi connectivity index (χ2v) is 5.18. The number of hydrogen-bond donors (Lipinski definition) is 1. The summed E-state index contributed by atoms with van der Waals surface area (Å²) in [6.07, 6.45) is 10.2. The average molecular weight is 269 g/mol. The molecule has 2 rings (SSSR count). The van der Waals surface area contributed by atoms with Crippen molar-refractivity contribution in [1.82, 2.24) is 4.98 Å². The molecule has 1 fully saturated rings. The molecule has 0 aliphatic heterocycles. The van der Waals surface area contributed by atoms with E-state index in [9.17, 15) is 0 Å². The minimum atomic E-state index is 0.323. The van der Waals surface area contributed by atoms with Crippen molar-refractivity contribution in [3.63, 3.8) is 0 Å². The molecule has 0 radical (unpaired) electrons. The van der Waals surface area contributed by atoms with Crippen molar-refractivity contribution < 1.29 is 0 Å². The van der Waals surface area contributed by atoms with Gasteiger partial charge in [-0.05, 0) is 41.3 Å². The molecule has 0 amide bonds. The molecule has 0 atom stereocenters. The molecule has 1 saturated carbocycles. The predicted octanol–water partition coefficient (Wildman–Crippen LogP) is 3.98. The first-order valence-electron chi connectivity index (χ1n) is 5.63. The highest BCUT2D eigenvalue weighted by atomic mass is 79.9. The number of nitrogens with one attached hydrogen (secondary N) is 1. The molecule has 0 aromatic carbocycles. The van der Waals surface area contributed by atoms with Crippen molar-refractivity contribution >= 4 is 21.6 Å². The lowest BCUT2D eigenvalue weighted by Crippen LogP contribution is -2.34. The molecule has 1 N–H and O–H groups in total. The van der Waals surface area contributed by atoms with Crippen LogP contribution in [0.15, 0.2) is 22.9 Å². The zero-order valence-corrected chi connectivity index (χ0v) is 10.7. The molecule has 0 bridgehead atoms. The van der Waals surface area contributed by atoms with Gasteiger partial charge in [0.25, 0.3) is 0 Å². The zero-order chi connectivity index (χ0) is 10.7. The second kappa shape index (κ2) is 4.52. The molecular formula is C12H17BrN2. The largest absolute Gasteiger partial charge is 0.379 e. The van der Waals surface area contributed by atoms with Gasteiger partial charge in [-0.1, -0.05) is 19.8 Å². The van der Waals surface area contributed by atoms with E-state index in [2.05, 4.69) is 33.2 Å². The molecule has 3 heteroatoms. The maximum atomic E-state index is 4.08. The van der Waals surface area contributed by atoms with Gasteiger partial charge in [0.05, 0.1) is 10.2 Å². The van der Waals surface area contributed by atoms with Gasteiger partial charge in [0.15, 0.2) is 0 Å². The third-order valence-electron chi connectivity index (χ3n) is 3.41. The number of halogens is 1. The number of hydrogen-bond acceptors (Lipinski definition) is 2. The number of rotatable bonds is 3. The Kier molecular flexibility index (Phi) is 3.29. The fourth-order valence-electron chi connectivity index (χ4n) is 2.38. The van der Waals surface area contributed by atoms with Crippen LogP contribution in [-0.4, -0.2) is 10.5 Å². The molecular weight excluding hydrogens is 252 g/mol. The Balaban J connectivity index is 2.16. The first-order valence-corrected chi connectivity index (χ1v) is 6.43. The van der Waals surface area contributed by atoms with Gasteiger partial charge in [0, 0.05) is 17.9 Å². The van der Waals surface area contributed by atoms with Crippen LogP contribution in [0.1, 0.15) is 39.0 Å². The van der Waals surface area contributed by atoms with Crippen LogP contribution in [-0.2, 0) is 0 Å². The van der Waals surface area contributed by atoms with Crippen molar-refractivity contribution in [2.24, 2.45) is 0 Å². The van der Waals surface area contributed by atoms with E-state index < -0.39 is 0 Å². The van der Waals surface area contributed by atoms with E-state index in [4.69, 9.17) is 0 Å². The highest BCUT2D eigenvalue weighted by Gasteiger charge is 2.31. The molecule has 2 nitrogen and oxygen atoms in total. The van der Waals surface area contributed by atoms with Crippen LogP contribution < -0.4 is 5.32 Å². The number of aromatic nitrogens is 1. The standard InChI is InChI=1S/C12H17BrN2/c1-2-12(6-3-4-7-12)15-11-5-8-14-9-10(11)13/h5,8-9H,2-4,6-7H2,1H3,(H,14,15). The Hall–Kier alpha value is -0.570. The monoisotopic (exact) mass is 268 g/mol. The summed E-state index contributed by atoms with van der Waals surface area (Å²) in [5.74, 6) is 0. The van der Waals surface area contributed by atoms with Crippen LogP contribution in [0.5, 0.6) is 0 Å². The molecule has 15 heavy (non-hydrogen) atoms. The van der Waals surface area contributed by atoms with Crippen LogP contribution in [0.25, 0.3) is 0 Å². The van der Waals surface area contributed by atoms with Gasteiger partial charge in [-0.15, -0.1) is 0 Å².